The van der Waals surface area contributed by atoms with Gasteiger partial charge in [-0.15, -0.1) is 0 Å². The SMILES string of the molecule is COC(=O)[C@@H]1C(=O)NC(SCC(=O)Nc2cccc(OC)c2)=C(C#N)[C@H]1c1ccc(OC)c(Br)c1. The second-order valence-electron chi connectivity index (χ2n) is 7.29. The Balaban J connectivity index is 1.91. The van der Waals surface area contributed by atoms with Crippen LogP contribution < -0.4 is 20.1 Å². The van der Waals surface area contributed by atoms with Gasteiger partial charge in [-0.25, -0.2) is 0 Å². The van der Waals surface area contributed by atoms with Crippen LogP contribution in [0.2, 0.25) is 0 Å². The molecule has 0 bridgehead atoms. The standard InChI is InChI=1S/C24H22BrN3O6S/c1-32-15-6-4-5-14(10-15)27-19(29)12-35-23-16(11-26)20(21(22(30)28-23)24(31)34-3)13-7-8-18(33-2)17(25)9-13/h4-10,20-21H,12H2,1-3H3,(H,27,29)(H,28,30)/t20-,21+/m1/s1. The number of nitriles is 1. The van der Waals surface area contributed by atoms with E-state index in [4.69, 9.17) is 14.2 Å². The molecule has 1 aliphatic rings. The molecule has 0 fully saturated rings. The van der Waals surface area contributed by atoms with Crippen molar-refractivity contribution in [3.63, 3.8) is 0 Å². The van der Waals surface area contributed by atoms with E-state index < -0.39 is 23.7 Å². The molecule has 3 rings (SSSR count). The Morgan fingerprint density at radius 2 is 1.94 bits per heavy atom. The number of methoxy groups -OCH3 is 3. The zero-order valence-electron chi connectivity index (χ0n) is 19.1. The molecule has 0 aromatic heterocycles. The number of ether oxygens (including phenoxy) is 3. The predicted molar refractivity (Wildman–Crippen MR) is 134 cm³/mol. The van der Waals surface area contributed by atoms with Crippen molar-refractivity contribution in [2.24, 2.45) is 5.92 Å². The maximum atomic E-state index is 12.9. The third-order valence-electron chi connectivity index (χ3n) is 5.22. The molecule has 2 amide bonds. The Morgan fingerprint density at radius 1 is 1.17 bits per heavy atom. The van der Waals surface area contributed by atoms with Gasteiger partial charge in [-0.2, -0.15) is 5.26 Å². The molecule has 1 heterocycles. The summed E-state index contributed by atoms with van der Waals surface area (Å²) in [6, 6.07) is 14.0. The molecule has 1 aliphatic heterocycles. The zero-order chi connectivity index (χ0) is 25.5. The molecule has 0 saturated carbocycles. The summed E-state index contributed by atoms with van der Waals surface area (Å²) in [5.41, 5.74) is 1.23. The van der Waals surface area contributed by atoms with Gasteiger partial charge in [0.2, 0.25) is 11.8 Å². The molecule has 2 aromatic carbocycles. The van der Waals surface area contributed by atoms with Crippen LogP contribution in [0.5, 0.6) is 11.5 Å². The maximum Gasteiger partial charge on any atom is 0.319 e. The summed E-state index contributed by atoms with van der Waals surface area (Å²) in [7, 11) is 4.22. The largest absolute Gasteiger partial charge is 0.497 e. The molecule has 0 radical (unpaired) electrons. The number of thioether (sulfide) groups is 1. The van der Waals surface area contributed by atoms with E-state index in [2.05, 4.69) is 32.6 Å². The number of hydrogen-bond acceptors (Lipinski definition) is 8. The summed E-state index contributed by atoms with van der Waals surface area (Å²) < 4.78 is 15.8. The molecule has 182 valence electrons. The van der Waals surface area contributed by atoms with E-state index in [1.165, 1.54) is 21.3 Å². The molecular weight excluding hydrogens is 538 g/mol. The van der Waals surface area contributed by atoms with Gasteiger partial charge in [-0.05, 0) is 45.8 Å². The van der Waals surface area contributed by atoms with Gasteiger partial charge in [-0.3, -0.25) is 14.4 Å². The fourth-order valence-corrected chi connectivity index (χ4v) is 5.00. The van der Waals surface area contributed by atoms with E-state index >= 15 is 0 Å². The first-order valence-electron chi connectivity index (χ1n) is 10.3. The Hall–Kier alpha value is -3.49. The Morgan fingerprint density at radius 3 is 2.57 bits per heavy atom. The Labute approximate surface area is 214 Å². The minimum atomic E-state index is -1.27. The van der Waals surface area contributed by atoms with E-state index in [0.29, 0.717) is 27.2 Å². The third-order valence-corrected chi connectivity index (χ3v) is 6.86. The smallest absolute Gasteiger partial charge is 0.319 e. The lowest BCUT2D eigenvalue weighted by Gasteiger charge is -2.31. The molecule has 0 aliphatic carbocycles. The highest BCUT2D eigenvalue weighted by atomic mass is 79.9. The lowest BCUT2D eigenvalue weighted by molar-refractivity contribution is -0.150. The van der Waals surface area contributed by atoms with Crippen molar-refractivity contribution < 1.29 is 28.6 Å². The highest BCUT2D eigenvalue weighted by molar-refractivity contribution is 9.10. The van der Waals surface area contributed by atoms with Crippen LogP contribution in [0.4, 0.5) is 5.69 Å². The number of allylic oxidation sites excluding steroid dienone is 1. The lowest BCUT2D eigenvalue weighted by atomic mass is 9.78. The third kappa shape index (κ3) is 5.96. The Kier molecular flexibility index (Phi) is 8.78. The van der Waals surface area contributed by atoms with Crippen LogP contribution in [0.1, 0.15) is 11.5 Å². The van der Waals surface area contributed by atoms with Crippen molar-refractivity contribution in [2.75, 3.05) is 32.4 Å². The zero-order valence-corrected chi connectivity index (χ0v) is 21.5. The number of halogens is 1. The quantitative estimate of drug-likeness (QED) is 0.371. The van der Waals surface area contributed by atoms with Gasteiger partial charge in [0.1, 0.15) is 17.4 Å². The first-order valence-corrected chi connectivity index (χ1v) is 12.0. The van der Waals surface area contributed by atoms with Gasteiger partial charge >= 0.3 is 5.97 Å². The van der Waals surface area contributed by atoms with E-state index in [9.17, 15) is 19.6 Å². The second kappa shape index (κ2) is 11.8. The number of benzene rings is 2. The van der Waals surface area contributed by atoms with Crippen molar-refractivity contribution in [2.45, 2.75) is 5.92 Å². The first-order chi connectivity index (χ1) is 16.8. The number of nitrogens with zero attached hydrogens (tertiary/aromatic N) is 1. The number of anilines is 1. The minimum absolute atomic E-state index is 0.0834. The average molecular weight is 560 g/mol. The molecule has 2 atom stereocenters. The van der Waals surface area contributed by atoms with E-state index in [0.717, 1.165) is 11.8 Å². The van der Waals surface area contributed by atoms with Crippen LogP contribution in [0.25, 0.3) is 0 Å². The van der Waals surface area contributed by atoms with Crippen molar-refractivity contribution in [3.05, 3.63) is 63.1 Å². The number of rotatable bonds is 8. The number of nitrogens with one attached hydrogen (secondary N) is 2. The number of carbonyl (C=O) groups excluding carboxylic acids is 3. The molecule has 35 heavy (non-hydrogen) atoms. The second-order valence-corrected chi connectivity index (χ2v) is 9.13. The molecule has 0 saturated heterocycles. The molecule has 2 N–H and O–H groups in total. The molecule has 0 unspecified atom stereocenters. The monoisotopic (exact) mass is 559 g/mol. The van der Waals surface area contributed by atoms with Gasteiger partial charge in [0.15, 0.2) is 0 Å². The number of amides is 2. The Bertz CT molecular complexity index is 1230. The molecule has 11 heteroatoms. The molecule has 9 nitrogen and oxygen atoms in total. The summed E-state index contributed by atoms with van der Waals surface area (Å²) in [6.07, 6.45) is 0. The van der Waals surface area contributed by atoms with Gasteiger partial charge in [0, 0.05) is 17.7 Å². The van der Waals surface area contributed by atoms with Crippen LogP contribution in [0, 0.1) is 17.2 Å². The van der Waals surface area contributed by atoms with E-state index in [1.807, 2.05) is 0 Å². The number of esters is 1. The summed E-state index contributed by atoms with van der Waals surface area (Å²) >= 11 is 4.40. The van der Waals surface area contributed by atoms with Crippen LogP contribution in [-0.4, -0.2) is 44.9 Å². The fraction of sp³-hybridized carbons (Fsp3) is 0.250. The van der Waals surface area contributed by atoms with Crippen LogP contribution in [0.3, 0.4) is 0 Å². The van der Waals surface area contributed by atoms with E-state index in [-0.39, 0.29) is 22.3 Å². The van der Waals surface area contributed by atoms with Crippen molar-refractivity contribution >= 4 is 51.2 Å². The van der Waals surface area contributed by atoms with Crippen LogP contribution in [0.15, 0.2) is 57.5 Å². The average Bonchev–Trinajstić information content (AvgIpc) is 2.86. The molecular formula is C24H22BrN3O6S. The summed E-state index contributed by atoms with van der Waals surface area (Å²) in [6.45, 7) is 0. The highest BCUT2D eigenvalue weighted by Crippen LogP contribution is 2.42. The highest BCUT2D eigenvalue weighted by Gasteiger charge is 2.44. The topological polar surface area (TPSA) is 127 Å². The van der Waals surface area contributed by atoms with Crippen molar-refractivity contribution in [1.29, 1.82) is 5.26 Å². The van der Waals surface area contributed by atoms with Crippen molar-refractivity contribution in [1.82, 2.24) is 5.32 Å². The normalized spacial score (nSPS) is 17.2. The minimum Gasteiger partial charge on any atom is -0.497 e. The summed E-state index contributed by atoms with van der Waals surface area (Å²) in [5.74, 6) is -2.87. The van der Waals surface area contributed by atoms with Gasteiger partial charge in [0.05, 0.1) is 48.2 Å². The lowest BCUT2D eigenvalue weighted by Crippen LogP contribution is -2.44. The van der Waals surface area contributed by atoms with E-state index in [1.54, 1.807) is 42.5 Å². The fourth-order valence-electron chi connectivity index (χ4n) is 3.59. The predicted octanol–water partition coefficient (Wildman–Crippen LogP) is 3.58. The number of hydrogen-bond donors (Lipinski definition) is 2. The van der Waals surface area contributed by atoms with Crippen LogP contribution >= 0.6 is 27.7 Å². The van der Waals surface area contributed by atoms with Gasteiger partial charge in [0.25, 0.3) is 0 Å². The first kappa shape index (κ1) is 26.1. The van der Waals surface area contributed by atoms with Crippen molar-refractivity contribution in [3.8, 4) is 17.6 Å². The summed E-state index contributed by atoms with van der Waals surface area (Å²) in [4.78, 5) is 38.0. The molecule has 0 spiro atoms. The molecule has 2 aromatic rings. The maximum absolute atomic E-state index is 12.9. The summed E-state index contributed by atoms with van der Waals surface area (Å²) in [5, 5.41) is 15.6. The van der Waals surface area contributed by atoms with Gasteiger partial charge < -0.3 is 24.8 Å². The van der Waals surface area contributed by atoms with Crippen LogP contribution in [-0.2, 0) is 19.1 Å². The number of carbonyl (C=O) groups is 3. The van der Waals surface area contributed by atoms with Gasteiger partial charge in [-0.1, -0.05) is 23.9 Å².